The van der Waals surface area contributed by atoms with Crippen molar-refractivity contribution in [3.8, 4) is 11.5 Å². The zero-order valence-corrected chi connectivity index (χ0v) is 14.3. The summed E-state index contributed by atoms with van der Waals surface area (Å²) in [5.74, 6) is -3.83. The monoisotopic (exact) mass is 383 g/mol. The molecule has 0 saturated carbocycles. The highest BCUT2D eigenvalue weighted by molar-refractivity contribution is 7.99. The van der Waals surface area contributed by atoms with E-state index in [1.54, 1.807) is 12.1 Å². The van der Waals surface area contributed by atoms with Crippen molar-refractivity contribution in [3.05, 3.63) is 53.8 Å². The summed E-state index contributed by atoms with van der Waals surface area (Å²) >= 11 is 0.894. The van der Waals surface area contributed by atoms with Crippen molar-refractivity contribution in [3.63, 3.8) is 0 Å². The van der Waals surface area contributed by atoms with Crippen LogP contribution in [0.5, 0.6) is 0 Å². The van der Waals surface area contributed by atoms with E-state index in [0.717, 1.165) is 29.6 Å². The van der Waals surface area contributed by atoms with Gasteiger partial charge in [-0.2, -0.15) is 0 Å². The van der Waals surface area contributed by atoms with Crippen LogP contribution >= 0.6 is 11.8 Å². The second-order valence-corrected chi connectivity index (χ2v) is 6.59. The Hall–Kier alpha value is -3.33. The minimum absolute atomic E-state index is 0.0674. The van der Waals surface area contributed by atoms with Crippen molar-refractivity contribution in [2.24, 2.45) is 10.9 Å². The number of rotatable bonds is 4. The average molecular weight is 383 g/mol. The number of carboxylic acids is 1. The lowest BCUT2D eigenvalue weighted by molar-refractivity contribution is -0.137. The number of carbonyl (C=O) groups is 2. The summed E-state index contributed by atoms with van der Waals surface area (Å²) in [7, 11) is 0. The number of hydrogen-bond donors (Lipinski definition) is 1. The molecule has 0 bridgehead atoms. The fourth-order valence-electron chi connectivity index (χ4n) is 2.53. The van der Waals surface area contributed by atoms with E-state index >= 15 is 0 Å². The summed E-state index contributed by atoms with van der Waals surface area (Å²) in [5.41, 5.74) is 0.865. The Labute approximate surface area is 156 Å². The molecular formula is C18H10FN3O4S. The van der Waals surface area contributed by atoms with Crippen molar-refractivity contribution in [2.45, 2.75) is 10.1 Å². The van der Waals surface area contributed by atoms with Crippen LogP contribution in [-0.4, -0.2) is 33.3 Å². The quantitative estimate of drug-likeness (QED) is 0.686. The fraction of sp³-hybridized carbons (Fsp3) is 0.0556. The van der Waals surface area contributed by atoms with Crippen LogP contribution in [0.15, 0.2) is 62.0 Å². The molecule has 0 spiro atoms. The van der Waals surface area contributed by atoms with E-state index in [-0.39, 0.29) is 21.4 Å². The summed E-state index contributed by atoms with van der Waals surface area (Å²) in [5, 5.41) is 17.0. The van der Waals surface area contributed by atoms with Gasteiger partial charge < -0.3 is 9.52 Å². The average Bonchev–Trinajstić information content (AvgIpc) is 3.12. The molecule has 0 fully saturated rings. The number of nitrogens with zero attached hydrogens (tertiary/aromatic N) is 3. The maximum Gasteiger partial charge on any atom is 0.319 e. The van der Waals surface area contributed by atoms with Crippen molar-refractivity contribution in [1.82, 2.24) is 10.2 Å². The third-order valence-electron chi connectivity index (χ3n) is 3.85. The first kappa shape index (κ1) is 17.1. The molecule has 1 atom stereocenters. The lowest BCUT2D eigenvalue weighted by atomic mass is 9.95. The number of halogens is 1. The van der Waals surface area contributed by atoms with Crippen molar-refractivity contribution in [2.75, 3.05) is 0 Å². The van der Waals surface area contributed by atoms with Crippen LogP contribution in [-0.2, 0) is 4.79 Å². The third kappa shape index (κ3) is 3.24. The largest absolute Gasteiger partial charge is 0.480 e. The SMILES string of the molecule is O=C(O)C1C=Nc2cc(Sc3nnc(-c4ccccc4)o3)c(F)cc2C1=O. The number of Topliss-reactive ketones (excluding diaryl/α,β-unsaturated/α-hetero) is 1. The zero-order valence-electron chi connectivity index (χ0n) is 13.5. The first-order valence-electron chi connectivity index (χ1n) is 7.74. The number of aliphatic carboxylic acids is 1. The van der Waals surface area contributed by atoms with Gasteiger partial charge in [0.2, 0.25) is 5.89 Å². The molecule has 2 heterocycles. The molecule has 0 saturated heterocycles. The molecule has 3 aromatic rings. The number of benzene rings is 2. The lowest BCUT2D eigenvalue weighted by Gasteiger charge is -2.15. The molecular weight excluding hydrogens is 373 g/mol. The lowest BCUT2D eigenvalue weighted by Crippen LogP contribution is -2.27. The van der Waals surface area contributed by atoms with E-state index < -0.39 is 23.5 Å². The van der Waals surface area contributed by atoms with E-state index in [4.69, 9.17) is 9.52 Å². The van der Waals surface area contributed by atoms with E-state index in [2.05, 4.69) is 15.2 Å². The van der Waals surface area contributed by atoms with Crippen LogP contribution in [0.25, 0.3) is 11.5 Å². The Morgan fingerprint density at radius 3 is 2.70 bits per heavy atom. The molecule has 1 unspecified atom stereocenters. The van der Waals surface area contributed by atoms with Gasteiger partial charge in [-0.3, -0.25) is 14.6 Å². The minimum Gasteiger partial charge on any atom is -0.480 e. The van der Waals surface area contributed by atoms with Gasteiger partial charge in [0, 0.05) is 17.3 Å². The number of fused-ring (bicyclic) bond motifs is 1. The molecule has 9 heteroatoms. The van der Waals surface area contributed by atoms with Crippen LogP contribution in [0.3, 0.4) is 0 Å². The Morgan fingerprint density at radius 1 is 1.19 bits per heavy atom. The van der Waals surface area contributed by atoms with E-state index in [1.807, 2.05) is 18.2 Å². The highest BCUT2D eigenvalue weighted by Crippen LogP contribution is 2.36. The Balaban J connectivity index is 1.62. The molecule has 1 aromatic heterocycles. The maximum absolute atomic E-state index is 14.4. The summed E-state index contributed by atoms with van der Waals surface area (Å²) in [6.07, 6.45) is 1.04. The van der Waals surface area contributed by atoms with Gasteiger partial charge >= 0.3 is 5.97 Å². The molecule has 0 aliphatic carbocycles. The van der Waals surface area contributed by atoms with Crippen molar-refractivity contribution >= 4 is 35.4 Å². The van der Waals surface area contributed by atoms with Gasteiger partial charge in [-0.15, -0.1) is 10.2 Å². The van der Waals surface area contributed by atoms with Gasteiger partial charge in [0.15, 0.2) is 11.7 Å². The van der Waals surface area contributed by atoms with E-state index in [0.29, 0.717) is 5.89 Å². The van der Waals surface area contributed by atoms with Crippen LogP contribution in [0.1, 0.15) is 10.4 Å². The van der Waals surface area contributed by atoms with Crippen molar-refractivity contribution in [1.29, 1.82) is 0 Å². The maximum atomic E-state index is 14.4. The molecule has 2 aromatic carbocycles. The van der Waals surface area contributed by atoms with Crippen molar-refractivity contribution < 1.29 is 23.5 Å². The van der Waals surface area contributed by atoms with Crippen LogP contribution in [0, 0.1) is 11.7 Å². The predicted octanol–water partition coefficient (Wildman–Crippen LogP) is 3.63. The number of hydrogen-bond acceptors (Lipinski definition) is 7. The molecule has 0 amide bonds. The molecule has 4 rings (SSSR count). The highest BCUT2D eigenvalue weighted by Gasteiger charge is 2.31. The normalized spacial score (nSPS) is 15.6. The van der Waals surface area contributed by atoms with Gasteiger partial charge in [0.25, 0.3) is 5.22 Å². The summed E-state index contributed by atoms with van der Waals surface area (Å²) < 4.78 is 20.0. The van der Waals surface area contributed by atoms with Gasteiger partial charge in [-0.1, -0.05) is 18.2 Å². The number of aliphatic imine (C=N–C) groups is 1. The second-order valence-electron chi connectivity index (χ2n) is 5.60. The Bertz CT molecular complexity index is 1080. The molecule has 27 heavy (non-hydrogen) atoms. The Kier molecular flexibility index (Phi) is 4.28. The van der Waals surface area contributed by atoms with Gasteiger partial charge in [-0.05, 0) is 36.0 Å². The smallest absolute Gasteiger partial charge is 0.319 e. The standard InChI is InChI=1S/C18H10FN3O4S/c19-12-6-10-13(20-8-11(15(10)23)17(24)25)7-14(12)27-18-22-21-16(26-18)9-4-2-1-3-5-9/h1-8,11H,(H,24,25). The zero-order chi connectivity index (χ0) is 19.0. The summed E-state index contributed by atoms with van der Waals surface area (Å²) in [6.45, 7) is 0. The summed E-state index contributed by atoms with van der Waals surface area (Å²) in [4.78, 5) is 27.3. The molecule has 1 N–H and O–H groups in total. The number of carbonyl (C=O) groups excluding carboxylic acids is 1. The van der Waals surface area contributed by atoms with Gasteiger partial charge in [0.1, 0.15) is 5.82 Å². The fourth-order valence-corrected chi connectivity index (χ4v) is 3.25. The first-order valence-corrected chi connectivity index (χ1v) is 8.56. The molecule has 7 nitrogen and oxygen atoms in total. The van der Waals surface area contributed by atoms with Crippen LogP contribution in [0.2, 0.25) is 0 Å². The van der Waals surface area contributed by atoms with Gasteiger partial charge in [-0.25, -0.2) is 4.39 Å². The highest BCUT2D eigenvalue weighted by atomic mass is 32.2. The number of ketones is 1. The summed E-state index contributed by atoms with van der Waals surface area (Å²) in [6, 6.07) is 11.5. The van der Waals surface area contributed by atoms with Crippen LogP contribution in [0.4, 0.5) is 10.1 Å². The molecule has 134 valence electrons. The number of carboxylic acid groups (broad SMARTS) is 1. The molecule has 1 aliphatic heterocycles. The molecule has 0 radical (unpaired) electrons. The van der Waals surface area contributed by atoms with E-state index in [1.165, 1.54) is 6.07 Å². The third-order valence-corrected chi connectivity index (χ3v) is 4.72. The van der Waals surface area contributed by atoms with Gasteiger partial charge in [0.05, 0.1) is 10.6 Å². The van der Waals surface area contributed by atoms with E-state index in [9.17, 15) is 14.0 Å². The first-order chi connectivity index (χ1) is 13.0. The second kappa shape index (κ2) is 6.76. The number of aromatic nitrogens is 2. The predicted molar refractivity (Wildman–Crippen MR) is 93.9 cm³/mol. The van der Waals surface area contributed by atoms with Crippen LogP contribution < -0.4 is 0 Å². The molecule has 1 aliphatic rings. The Morgan fingerprint density at radius 2 is 1.96 bits per heavy atom. The topological polar surface area (TPSA) is 106 Å². The minimum atomic E-state index is -1.40.